The minimum absolute atomic E-state index is 0.0495. The van der Waals surface area contributed by atoms with Crippen molar-refractivity contribution in [3.63, 3.8) is 0 Å². The molecule has 3 aromatic rings. The van der Waals surface area contributed by atoms with E-state index in [1.54, 1.807) is 18.2 Å². The number of halogens is 4. The predicted molar refractivity (Wildman–Crippen MR) is 135 cm³/mol. The van der Waals surface area contributed by atoms with E-state index in [9.17, 15) is 26.0 Å². The van der Waals surface area contributed by atoms with Crippen molar-refractivity contribution in [3.8, 4) is 0 Å². The lowest BCUT2D eigenvalue weighted by molar-refractivity contribution is -0.140. The normalized spacial score (nSPS) is 22.5. The highest BCUT2D eigenvalue weighted by Crippen LogP contribution is 2.54. The highest BCUT2D eigenvalue weighted by Gasteiger charge is 2.53. The van der Waals surface area contributed by atoms with Gasteiger partial charge in [-0.15, -0.1) is 11.8 Å². The van der Waals surface area contributed by atoms with E-state index in [1.807, 2.05) is 31.2 Å². The summed E-state index contributed by atoms with van der Waals surface area (Å²) < 4.78 is 84.1. The Hall–Kier alpha value is -2.40. The number of hydrogen-bond acceptors (Lipinski definition) is 4. The second-order valence-electron chi connectivity index (χ2n) is 9.48. The van der Waals surface area contributed by atoms with Crippen LogP contribution in [0.2, 0.25) is 0 Å². The van der Waals surface area contributed by atoms with E-state index in [0.29, 0.717) is 6.07 Å². The molecule has 0 bridgehead atoms. The van der Waals surface area contributed by atoms with Gasteiger partial charge in [0.2, 0.25) is 10.0 Å². The zero-order valence-electron chi connectivity index (χ0n) is 20.1. The molecule has 2 aliphatic rings. The van der Waals surface area contributed by atoms with Crippen molar-refractivity contribution >= 4 is 21.8 Å². The SMILES string of the molecule is CC1(N2CCCC2)c2ccccc2SC1N(Cc1ccc(F)c(C(F)(F)F)c1)S(=O)(=O)c1ccccc1. The minimum Gasteiger partial charge on any atom is -0.292 e. The summed E-state index contributed by atoms with van der Waals surface area (Å²) in [6.45, 7) is 3.25. The summed E-state index contributed by atoms with van der Waals surface area (Å²) in [5.74, 6) is -1.39. The van der Waals surface area contributed by atoms with E-state index in [0.717, 1.165) is 42.5 Å². The highest BCUT2D eigenvalue weighted by molar-refractivity contribution is 8.01. The molecule has 3 aromatic carbocycles. The van der Waals surface area contributed by atoms with Crippen molar-refractivity contribution in [2.24, 2.45) is 0 Å². The Bertz CT molecular complexity index is 1390. The molecule has 1 saturated heterocycles. The van der Waals surface area contributed by atoms with Crippen molar-refractivity contribution in [3.05, 3.63) is 95.3 Å². The number of hydrogen-bond donors (Lipinski definition) is 0. The largest absolute Gasteiger partial charge is 0.419 e. The standard InChI is InChI=1S/C27H26F4N2O2S2/c1-26(32-15-7-8-16-32)21-11-5-6-12-24(21)36-25(26)33(37(34,35)20-9-3-2-4-10-20)18-19-13-14-23(28)22(17-19)27(29,30)31/h2-6,9-14,17,25H,7-8,15-16,18H2,1H3. The average molecular weight is 551 g/mol. The maximum atomic E-state index is 14.1. The Morgan fingerprint density at radius 3 is 2.32 bits per heavy atom. The molecule has 196 valence electrons. The molecule has 10 heteroatoms. The van der Waals surface area contributed by atoms with Crippen LogP contribution in [0.5, 0.6) is 0 Å². The fraction of sp³-hybridized carbons (Fsp3) is 0.333. The summed E-state index contributed by atoms with van der Waals surface area (Å²) in [5, 5.41) is -0.660. The zero-order valence-corrected chi connectivity index (χ0v) is 21.7. The monoisotopic (exact) mass is 550 g/mol. The third-order valence-corrected chi connectivity index (χ3v) is 10.7. The molecule has 0 aromatic heterocycles. The third kappa shape index (κ3) is 4.69. The van der Waals surface area contributed by atoms with Crippen molar-refractivity contribution in [2.45, 2.75) is 53.2 Å². The number of alkyl halides is 3. The van der Waals surface area contributed by atoms with Crippen molar-refractivity contribution in [1.29, 1.82) is 0 Å². The van der Waals surface area contributed by atoms with Crippen LogP contribution >= 0.6 is 11.8 Å². The van der Waals surface area contributed by atoms with Crippen LogP contribution in [0.15, 0.2) is 82.6 Å². The van der Waals surface area contributed by atoms with Crippen LogP contribution in [0.25, 0.3) is 0 Å². The number of sulfonamides is 1. The van der Waals surface area contributed by atoms with Gasteiger partial charge in [0.1, 0.15) is 5.82 Å². The van der Waals surface area contributed by atoms with Gasteiger partial charge in [0, 0.05) is 11.4 Å². The van der Waals surface area contributed by atoms with E-state index in [1.165, 1.54) is 34.3 Å². The van der Waals surface area contributed by atoms with Gasteiger partial charge < -0.3 is 0 Å². The summed E-state index contributed by atoms with van der Waals surface area (Å²) in [4.78, 5) is 3.26. The Kier molecular flexibility index (Phi) is 6.89. The van der Waals surface area contributed by atoms with Crippen LogP contribution in [0.4, 0.5) is 17.6 Å². The van der Waals surface area contributed by atoms with Crippen LogP contribution in [-0.4, -0.2) is 36.1 Å². The maximum absolute atomic E-state index is 14.1. The van der Waals surface area contributed by atoms with Crippen molar-refractivity contribution in [1.82, 2.24) is 9.21 Å². The lowest BCUT2D eigenvalue weighted by atomic mass is 9.90. The minimum atomic E-state index is -4.90. The first kappa shape index (κ1) is 26.2. The van der Waals surface area contributed by atoms with Gasteiger partial charge in [-0.2, -0.15) is 17.5 Å². The van der Waals surface area contributed by atoms with Crippen molar-refractivity contribution in [2.75, 3.05) is 13.1 Å². The fourth-order valence-corrected chi connectivity index (χ4v) is 8.81. The van der Waals surface area contributed by atoms with Crippen LogP contribution in [0, 0.1) is 5.82 Å². The second-order valence-corrected chi connectivity index (χ2v) is 12.5. The number of thioether (sulfide) groups is 1. The number of benzene rings is 3. The topological polar surface area (TPSA) is 40.6 Å². The fourth-order valence-electron chi connectivity index (χ4n) is 5.29. The molecule has 4 nitrogen and oxygen atoms in total. The third-order valence-electron chi connectivity index (χ3n) is 7.20. The smallest absolute Gasteiger partial charge is 0.292 e. The maximum Gasteiger partial charge on any atom is 0.419 e. The van der Waals surface area contributed by atoms with Gasteiger partial charge in [0.15, 0.2) is 0 Å². The van der Waals surface area contributed by atoms with Gasteiger partial charge in [-0.05, 0) is 74.3 Å². The Morgan fingerprint density at radius 2 is 1.65 bits per heavy atom. The molecule has 0 amide bonds. The molecular formula is C27H26F4N2O2S2. The van der Waals surface area contributed by atoms with Crippen molar-refractivity contribution < 1.29 is 26.0 Å². The van der Waals surface area contributed by atoms with Gasteiger partial charge in [-0.25, -0.2) is 12.8 Å². The lowest BCUT2D eigenvalue weighted by Gasteiger charge is -2.44. The summed E-state index contributed by atoms with van der Waals surface area (Å²) in [6.07, 6.45) is -2.94. The number of fused-ring (bicyclic) bond motifs is 1. The first-order valence-corrected chi connectivity index (χ1v) is 14.3. The average Bonchev–Trinajstić information content (AvgIpc) is 3.51. The Balaban J connectivity index is 1.66. The molecule has 5 rings (SSSR count). The molecule has 0 saturated carbocycles. The number of rotatable bonds is 6. The first-order valence-electron chi connectivity index (χ1n) is 12.0. The van der Waals surface area contributed by atoms with Gasteiger partial charge in [-0.3, -0.25) is 4.90 Å². The molecule has 0 N–H and O–H groups in total. The summed E-state index contributed by atoms with van der Waals surface area (Å²) in [5.41, 5.74) is -1.07. The van der Waals surface area contributed by atoms with Crippen LogP contribution < -0.4 is 0 Å². The molecule has 0 aliphatic carbocycles. The Morgan fingerprint density at radius 1 is 1.00 bits per heavy atom. The lowest BCUT2D eigenvalue weighted by Crippen LogP contribution is -2.55. The molecule has 0 radical (unpaired) electrons. The highest BCUT2D eigenvalue weighted by atomic mass is 32.2. The van der Waals surface area contributed by atoms with Crippen LogP contribution in [-0.2, 0) is 28.3 Å². The predicted octanol–water partition coefficient (Wildman–Crippen LogP) is 6.48. The van der Waals surface area contributed by atoms with Crippen LogP contribution in [0.1, 0.15) is 36.5 Å². The van der Waals surface area contributed by atoms with Crippen LogP contribution in [0.3, 0.4) is 0 Å². The summed E-state index contributed by atoms with van der Waals surface area (Å²) in [7, 11) is -4.15. The molecular weight excluding hydrogens is 524 g/mol. The van der Waals surface area contributed by atoms with E-state index in [4.69, 9.17) is 0 Å². The van der Waals surface area contributed by atoms with Gasteiger partial charge in [0.25, 0.3) is 0 Å². The molecule has 0 spiro atoms. The Labute approximate surface area is 218 Å². The number of nitrogens with zero attached hydrogens (tertiary/aromatic N) is 2. The zero-order chi connectivity index (χ0) is 26.4. The van der Waals surface area contributed by atoms with Gasteiger partial charge in [-0.1, -0.05) is 42.5 Å². The molecule has 1 fully saturated rings. The van der Waals surface area contributed by atoms with Gasteiger partial charge in [0.05, 0.1) is 21.4 Å². The van der Waals surface area contributed by atoms with E-state index in [-0.39, 0.29) is 17.0 Å². The molecule has 2 unspecified atom stereocenters. The second kappa shape index (κ2) is 9.72. The van der Waals surface area contributed by atoms with E-state index < -0.39 is 38.5 Å². The quantitative estimate of drug-likeness (QED) is 0.330. The van der Waals surface area contributed by atoms with E-state index >= 15 is 0 Å². The molecule has 37 heavy (non-hydrogen) atoms. The molecule has 2 atom stereocenters. The van der Waals surface area contributed by atoms with E-state index in [2.05, 4.69) is 4.90 Å². The molecule has 2 aliphatic heterocycles. The molecule has 2 heterocycles. The van der Waals surface area contributed by atoms with Gasteiger partial charge >= 0.3 is 6.18 Å². The summed E-state index contributed by atoms with van der Waals surface area (Å²) >= 11 is 1.40. The summed E-state index contributed by atoms with van der Waals surface area (Å²) in [6, 6.07) is 18.3. The first-order chi connectivity index (χ1) is 17.5. The number of likely N-dealkylation sites (tertiary alicyclic amines) is 1.